The lowest BCUT2D eigenvalue weighted by Crippen LogP contribution is -2.29. The van der Waals surface area contributed by atoms with Crippen LogP contribution in [0.5, 0.6) is 11.5 Å². The molecule has 6 nitrogen and oxygen atoms in total. The van der Waals surface area contributed by atoms with E-state index in [2.05, 4.69) is 0 Å². The quantitative estimate of drug-likeness (QED) is 0.234. The molecule has 1 amide bonds. The Kier molecular flexibility index (Phi) is 7.36. The zero-order valence-electron chi connectivity index (χ0n) is 23.1. The smallest absolute Gasteiger partial charge is 0.295 e. The number of carbonyl (C=O) groups excluding carboxylic acids is 2. The molecule has 6 heteroatoms. The first kappa shape index (κ1) is 27.0. The standard InChI is InChI=1S/C32H35NO5/c1-19-9-8-10-23(15-19)28-27(29(34)25-16-21(3)26(37-7)17-20(25)2)30(35)31(36)33(28)18-22-11-13-24(14-12-22)38-32(4,5)6/h8-17,28,34H,18H2,1-7H3/b29-27+. The number of Topliss-reactive ketones (excluding diaryl/α,β-unsaturated/α-hetero) is 1. The van der Waals surface area contributed by atoms with Crippen LogP contribution in [0, 0.1) is 20.8 Å². The Hall–Kier alpha value is -4.06. The van der Waals surface area contributed by atoms with Crippen LogP contribution in [-0.2, 0) is 16.1 Å². The van der Waals surface area contributed by atoms with Crippen molar-refractivity contribution < 1.29 is 24.2 Å². The SMILES string of the molecule is COc1cc(C)c(/C(O)=C2\C(=O)C(=O)N(Cc3ccc(OC(C)(C)C)cc3)C2c2cccc(C)c2)cc1C. The van der Waals surface area contributed by atoms with Crippen LogP contribution < -0.4 is 9.47 Å². The molecule has 1 unspecified atom stereocenters. The van der Waals surface area contributed by atoms with Gasteiger partial charge in [0.25, 0.3) is 11.7 Å². The Morgan fingerprint density at radius 1 is 0.947 bits per heavy atom. The van der Waals surface area contributed by atoms with Crippen LogP contribution in [0.3, 0.4) is 0 Å². The third-order valence-corrected chi connectivity index (χ3v) is 6.60. The van der Waals surface area contributed by atoms with E-state index in [0.29, 0.717) is 11.3 Å². The first-order chi connectivity index (χ1) is 17.9. The van der Waals surface area contributed by atoms with E-state index in [1.54, 1.807) is 13.2 Å². The van der Waals surface area contributed by atoms with Crippen LogP contribution in [-0.4, -0.2) is 34.4 Å². The lowest BCUT2D eigenvalue weighted by atomic mass is 9.92. The summed E-state index contributed by atoms with van der Waals surface area (Å²) in [6.07, 6.45) is 0. The van der Waals surface area contributed by atoms with Gasteiger partial charge in [-0.25, -0.2) is 0 Å². The summed E-state index contributed by atoms with van der Waals surface area (Å²) in [7, 11) is 1.59. The molecule has 1 saturated heterocycles. The normalized spacial score (nSPS) is 17.1. The predicted octanol–water partition coefficient (Wildman–Crippen LogP) is 6.42. The number of carbonyl (C=O) groups is 2. The number of hydrogen-bond acceptors (Lipinski definition) is 5. The van der Waals surface area contributed by atoms with Crippen LogP contribution in [0.4, 0.5) is 0 Å². The van der Waals surface area contributed by atoms with Gasteiger partial charge < -0.3 is 19.5 Å². The van der Waals surface area contributed by atoms with Gasteiger partial charge in [0.05, 0.1) is 18.7 Å². The topological polar surface area (TPSA) is 76.1 Å². The van der Waals surface area contributed by atoms with E-state index in [1.165, 1.54) is 4.90 Å². The molecule has 198 valence electrons. The van der Waals surface area contributed by atoms with E-state index in [4.69, 9.17) is 9.47 Å². The Labute approximate surface area is 224 Å². The zero-order chi connectivity index (χ0) is 27.8. The van der Waals surface area contributed by atoms with Crippen LogP contribution in [0.1, 0.15) is 60.2 Å². The highest BCUT2D eigenvalue weighted by atomic mass is 16.5. The van der Waals surface area contributed by atoms with Gasteiger partial charge in [-0.2, -0.15) is 0 Å². The predicted molar refractivity (Wildman–Crippen MR) is 148 cm³/mol. The number of ether oxygens (including phenoxy) is 2. The zero-order valence-corrected chi connectivity index (χ0v) is 23.1. The number of aryl methyl sites for hydroxylation is 3. The van der Waals surface area contributed by atoms with Gasteiger partial charge in [0.2, 0.25) is 0 Å². The number of rotatable bonds is 6. The van der Waals surface area contributed by atoms with E-state index >= 15 is 0 Å². The largest absolute Gasteiger partial charge is 0.507 e. The van der Waals surface area contributed by atoms with Crippen molar-refractivity contribution in [1.29, 1.82) is 0 Å². The monoisotopic (exact) mass is 513 g/mol. The second-order valence-electron chi connectivity index (χ2n) is 10.8. The molecule has 0 aliphatic carbocycles. The Balaban J connectivity index is 1.81. The van der Waals surface area contributed by atoms with Gasteiger partial charge in [-0.3, -0.25) is 9.59 Å². The van der Waals surface area contributed by atoms with Crippen molar-refractivity contribution in [3.05, 3.63) is 99.6 Å². The number of benzene rings is 3. The Morgan fingerprint density at radius 2 is 1.63 bits per heavy atom. The maximum atomic E-state index is 13.5. The highest BCUT2D eigenvalue weighted by Crippen LogP contribution is 2.41. The molecule has 0 saturated carbocycles. The molecule has 3 aromatic rings. The van der Waals surface area contributed by atoms with Gasteiger partial charge in [0.1, 0.15) is 22.9 Å². The lowest BCUT2D eigenvalue weighted by Gasteiger charge is -2.26. The summed E-state index contributed by atoms with van der Waals surface area (Å²) in [5, 5.41) is 11.5. The van der Waals surface area contributed by atoms with E-state index in [9.17, 15) is 14.7 Å². The average Bonchev–Trinajstić information content (AvgIpc) is 3.10. The van der Waals surface area contributed by atoms with Crippen molar-refractivity contribution in [2.75, 3.05) is 7.11 Å². The molecule has 1 aliphatic heterocycles. The van der Waals surface area contributed by atoms with E-state index in [1.807, 2.05) is 96.1 Å². The fourth-order valence-electron chi connectivity index (χ4n) is 4.85. The van der Waals surface area contributed by atoms with Crippen LogP contribution in [0.25, 0.3) is 5.76 Å². The third kappa shape index (κ3) is 5.44. The molecule has 1 aliphatic rings. The molecule has 1 fully saturated rings. The van der Waals surface area contributed by atoms with Gasteiger partial charge in [-0.15, -0.1) is 0 Å². The lowest BCUT2D eigenvalue weighted by molar-refractivity contribution is -0.140. The minimum Gasteiger partial charge on any atom is -0.507 e. The molecule has 1 N–H and O–H groups in total. The molecular weight excluding hydrogens is 478 g/mol. The number of likely N-dealkylation sites (tertiary alicyclic amines) is 1. The number of hydrogen-bond donors (Lipinski definition) is 1. The van der Waals surface area contributed by atoms with Gasteiger partial charge in [-0.1, -0.05) is 42.0 Å². The fraction of sp³-hybridized carbons (Fsp3) is 0.312. The second kappa shape index (κ2) is 10.4. The number of amides is 1. The molecule has 0 spiro atoms. The Bertz CT molecular complexity index is 1410. The van der Waals surface area contributed by atoms with Crippen molar-refractivity contribution in [2.45, 2.75) is 59.7 Å². The molecular formula is C32H35NO5. The first-order valence-corrected chi connectivity index (χ1v) is 12.7. The van der Waals surface area contributed by atoms with Crippen LogP contribution >= 0.6 is 0 Å². The summed E-state index contributed by atoms with van der Waals surface area (Å²) in [6, 6.07) is 18.1. The number of nitrogens with zero attached hydrogens (tertiary/aromatic N) is 1. The maximum absolute atomic E-state index is 13.5. The fourth-order valence-corrected chi connectivity index (χ4v) is 4.85. The number of aliphatic hydroxyl groups excluding tert-OH is 1. The first-order valence-electron chi connectivity index (χ1n) is 12.7. The Morgan fingerprint density at radius 3 is 2.24 bits per heavy atom. The van der Waals surface area contributed by atoms with Gasteiger partial charge in [-0.05, 0) is 88.1 Å². The van der Waals surface area contributed by atoms with Gasteiger partial charge in [0, 0.05) is 12.1 Å². The molecule has 1 atom stereocenters. The van der Waals surface area contributed by atoms with Gasteiger partial charge in [0.15, 0.2) is 0 Å². The molecule has 3 aromatic carbocycles. The molecule has 1 heterocycles. The summed E-state index contributed by atoms with van der Waals surface area (Å²) in [5.41, 5.74) is 4.43. The summed E-state index contributed by atoms with van der Waals surface area (Å²) < 4.78 is 11.3. The minimum atomic E-state index is -0.734. The number of aliphatic hydroxyl groups is 1. The van der Waals surface area contributed by atoms with E-state index < -0.39 is 17.7 Å². The third-order valence-electron chi connectivity index (χ3n) is 6.60. The second-order valence-corrected chi connectivity index (χ2v) is 10.8. The minimum absolute atomic E-state index is 0.0842. The molecule has 0 aromatic heterocycles. The van der Waals surface area contributed by atoms with Crippen molar-refractivity contribution >= 4 is 17.4 Å². The summed E-state index contributed by atoms with van der Waals surface area (Å²) in [6.45, 7) is 11.8. The maximum Gasteiger partial charge on any atom is 0.295 e. The van der Waals surface area contributed by atoms with Crippen molar-refractivity contribution in [2.24, 2.45) is 0 Å². The highest BCUT2D eigenvalue weighted by molar-refractivity contribution is 6.46. The average molecular weight is 514 g/mol. The molecule has 4 rings (SSSR count). The summed E-state index contributed by atoms with van der Waals surface area (Å²) >= 11 is 0. The van der Waals surface area contributed by atoms with Crippen molar-refractivity contribution in [3.8, 4) is 11.5 Å². The highest BCUT2D eigenvalue weighted by Gasteiger charge is 2.46. The number of methoxy groups -OCH3 is 1. The molecule has 0 bridgehead atoms. The molecule has 38 heavy (non-hydrogen) atoms. The van der Waals surface area contributed by atoms with E-state index in [-0.39, 0.29) is 23.5 Å². The van der Waals surface area contributed by atoms with Crippen LogP contribution in [0.15, 0.2) is 66.2 Å². The van der Waals surface area contributed by atoms with E-state index in [0.717, 1.165) is 33.6 Å². The summed E-state index contributed by atoms with van der Waals surface area (Å²) in [4.78, 5) is 28.4. The number of ketones is 1. The summed E-state index contributed by atoms with van der Waals surface area (Å²) in [5.74, 6) is -0.113. The molecule has 0 radical (unpaired) electrons. The van der Waals surface area contributed by atoms with Crippen molar-refractivity contribution in [3.63, 3.8) is 0 Å². The van der Waals surface area contributed by atoms with Crippen LogP contribution in [0.2, 0.25) is 0 Å². The van der Waals surface area contributed by atoms with Crippen molar-refractivity contribution in [1.82, 2.24) is 4.90 Å². The van der Waals surface area contributed by atoms with Gasteiger partial charge >= 0.3 is 0 Å².